The van der Waals surface area contributed by atoms with E-state index in [4.69, 9.17) is 4.42 Å². The van der Waals surface area contributed by atoms with Crippen LogP contribution in [0.3, 0.4) is 0 Å². The van der Waals surface area contributed by atoms with E-state index in [0.717, 1.165) is 0 Å². The number of carbonyl (C=O) groups excluding carboxylic acids is 1. The SMILES string of the molecule is O=C(NCCc1ncon1)c1ccoc1Br. The van der Waals surface area contributed by atoms with Gasteiger partial charge in [0.05, 0.1) is 11.8 Å². The number of hydrogen-bond acceptors (Lipinski definition) is 5. The number of hydrogen-bond donors (Lipinski definition) is 1. The number of amides is 1. The average Bonchev–Trinajstić information content (AvgIpc) is 2.88. The molecule has 0 saturated heterocycles. The number of aromatic nitrogens is 2. The molecule has 6 nitrogen and oxygen atoms in total. The molecule has 0 saturated carbocycles. The molecule has 2 heterocycles. The molecule has 1 N–H and O–H groups in total. The van der Waals surface area contributed by atoms with Gasteiger partial charge in [-0.15, -0.1) is 0 Å². The highest BCUT2D eigenvalue weighted by atomic mass is 79.9. The summed E-state index contributed by atoms with van der Waals surface area (Å²) in [6, 6.07) is 1.59. The number of furan rings is 1. The summed E-state index contributed by atoms with van der Waals surface area (Å²) in [6.07, 6.45) is 3.22. The lowest BCUT2D eigenvalue weighted by Crippen LogP contribution is -2.25. The Hall–Kier alpha value is -1.63. The van der Waals surface area contributed by atoms with Crippen molar-refractivity contribution in [1.82, 2.24) is 15.5 Å². The molecular weight excluding hydrogens is 278 g/mol. The second kappa shape index (κ2) is 4.93. The summed E-state index contributed by atoms with van der Waals surface area (Å²) in [5, 5.41) is 6.34. The number of carbonyl (C=O) groups is 1. The molecule has 0 bridgehead atoms. The third-order valence-corrected chi connectivity index (χ3v) is 2.52. The van der Waals surface area contributed by atoms with Gasteiger partial charge in [0.15, 0.2) is 10.5 Å². The van der Waals surface area contributed by atoms with E-state index < -0.39 is 0 Å². The molecule has 2 rings (SSSR count). The van der Waals surface area contributed by atoms with Crippen LogP contribution in [-0.2, 0) is 6.42 Å². The van der Waals surface area contributed by atoms with Crippen LogP contribution in [0.15, 0.2) is 32.3 Å². The standard InChI is InChI=1S/C9H8BrN3O3/c10-8-6(2-4-15-8)9(14)11-3-1-7-12-5-16-13-7/h2,4-5H,1,3H2,(H,11,14). The molecule has 7 heteroatoms. The molecule has 16 heavy (non-hydrogen) atoms. The molecule has 1 amide bonds. The van der Waals surface area contributed by atoms with Crippen LogP contribution < -0.4 is 5.32 Å². The fourth-order valence-corrected chi connectivity index (χ4v) is 1.56. The molecule has 0 spiro atoms. The number of nitrogens with one attached hydrogen (secondary N) is 1. The highest BCUT2D eigenvalue weighted by Crippen LogP contribution is 2.16. The van der Waals surface area contributed by atoms with Crippen LogP contribution in [0.4, 0.5) is 0 Å². The van der Waals surface area contributed by atoms with Crippen molar-refractivity contribution < 1.29 is 13.7 Å². The van der Waals surface area contributed by atoms with Gasteiger partial charge in [-0.2, -0.15) is 4.98 Å². The predicted molar refractivity (Wildman–Crippen MR) is 56.7 cm³/mol. The number of halogens is 1. The van der Waals surface area contributed by atoms with Gasteiger partial charge < -0.3 is 14.3 Å². The van der Waals surface area contributed by atoms with Crippen molar-refractivity contribution in [3.63, 3.8) is 0 Å². The van der Waals surface area contributed by atoms with Crippen molar-refractivity contribution in [3.8, 4) is 0 Å². The van der Waals surface area contributed by atoms with Crippen LogP contribution >= 0.6 is 15.9 Å². The summed E-state index contributed by atoms with van der Waals surface area (Å²) >= 11 is 3.13. The Morgan fingerprint density at radius 1 is 1.56 bits per heavy atom. The smallest absolute Gasteiger partial charge is 0.255 e. The topological polar surface area (TPSA) is 81.2 Å². The van der Waals surface area contributed by atoms with E-state index in [1.165, 1.54) is 12.7 Å². The summed E-state index contributed by atoms with van der Waals surface area (Å²) in [6.45, 7) is 0.440. The second-order valence-electron chi connectivity index (χ2n) is 2.96. The summed E-state index contributed by atoms with van der Waals surface area (Å²) < 4.78 is 9.94. The highest BCUT2D eigenvalue weighted by Gasteiger charge is 2.11. The van der Waals surface area contributed by atoms with Crippen LogP contribution in [0.2, 0.25) is 0 Å². The first kappa shape index (κ1) is 10.9. The summed E-state index contributed by atoms with van der Waals surface area (Å²) in [4.78, 5) is 15.4. The van der Waals surface area contributed by atoms with Gasteiger partial charge in [-0.1, -0.05) is 5.16 Å². The molecule has 0 fully saturated rings. The Labute approximate surface area is 99.1 Å². The number of nitrogens with zero attached hydrogens (tertiary/aromatic N) is 2. The molecule has 0 aromatic carbocycles. The van der Waals surface area contributed by atoms with Gasteiger partial charge >= 0.3 is 0 Å². The van der Waals surface area contributed by atoms with E-state index in [1.54, 1.807) is 6.07 Å². The van der Waals surface area contributed by atoms with E-state index in [1.807, 2.05) is 0 Å². The van der Waals surface area contributed by atoms with Crippen LogP contribution in [0.5, 0.6) is 0 Å². The zero-order valence-corrected chi connectivity index (χ0v) is 9.73. The lowest BCUT2D eigenvalue weighted by Gasteiger charge is -2.00. The number of rotatable bonds is 4. The van der Waals surface area contributed by atoms with Crippen molar-refractivity contribution in [2.24, 2.45) is 0 Å². The quantitative estimate of drug-likeness (QED) is 0.918. The third kappa shape index (κ3) is 2.48. The molecule has 0 atom stereocenters. The monoisotopic (exact) mass is 285 g/mol. The summed E-state index contributed by atoms with van der Waals surface area (Å²) in [5.41, 5.74) is 0.466. The largest absolute Gasteiger partial charge is 0.457 e. The average molecular weight is 286 g/mol. The molecule has 84 valence electrons. The van der Waals surface area contributed by atoms with Gasteiger partial charge in [-0.3, -0.25) is 4.79 Å². The van der Waals surface area contributed by atoms with Gasteiger partial charge in [-0.05, 0) is 22.0 Å². The maximum absolute atomic E-state index is 11.6. The molecule has 2 aromatic rings. The van der Waals surface area contributed by atoms with Gasteiger partial charge in [0.1, 0.15) is 0 Å². The Bertz CT molecular complexity index is 466. The van der Waals surface area contributed by atoms with Gasteiger partial charge in [-0.25, -0.2) is 0 Å². The van der Waals surface area contributed by atoms with Crippen molar-refractivity contribution in [2.45, 2.75) is 6.42 Å². The normalized spacial score (nSPS) is 10.3. The lowest BCUT2D eigenvalue weighted by molar-refractivity contribution is 0.0952. The van der Waals surface area contributed by atoms with Crippen molar-refractivity contribution in [2.75, 3.05) is 6.54 Å². The Morgan fingerprint density at radius 3 is 3.06 bits per heavy atom. The van der Waals surface area contributed by atoms with Gasteiger partial charge in [0.25, 0.3) is 5.91 Å². The molecule has 0 aliphatic heterocycles. The van der Waals surface area contributed by atoms with Crippen LogP contribution in [0.25, 0.3) is 0 Å². The van der Waals surface area contributed by atoms with E-state index >= 15 is 0 Å². The molecule has 2 aromatic heterocycles. The summed E-state index contributed by atoms with van der Waals surface area (Å²) in [5.74, 6) is 0.357. The van der Waals surface area contributed by atoms with Crippen molar-refractivity contribution in [3.05, 3.63) is 34.8 Å². The zero-order valence-electron chi connectivity index (χ0n) is 8.14. The van der Waals surface area contributed by atoms with E-state index in [9.17, 15) is 4.79 Å². The first-order chi connectivity index (χ1) is 7.77. The fraction of sp³-hybridized carbons (Fsp3) is 0.222. The zero-order chi connectivity index (χ0) is 11.4. The minimum Gasteiger partial charge on any atom is -0.457 e. The van der Waals surface area contributed by atoms with Crippen LogP contribution in [0.1, 0.15) is 16.2 Å². The van der Waals surface area contributed by atoms with E-state index in [-0.39, 0.29) is 5.91 Å². The molecular formula is C9H8BrN3O3. The van der Waals surface area contributed by atoms with Crippen LogP contribution in [0, 0.1) is 0 Å². The second-order valence-corrected chi connectivity index (χ2v) is 3.68. The van der Waals surface area contributed by atoms with Crippen molar-refractivity contribution in [1.29, 1.82) is 0 Å². The van der Waals surface area contributed by atoms with Gasteiger partial charge in [0, 0.05) is 13.0 Å². The first-order valence-corrected chi connectivity index (χ1v) is 5.33. The van der Waals surface area contributed by atoms with Crippen LogP contribution in [-0.4, -0.2) is 22.6 Å². The third-order valence-electron chi connectivity index (χ3n) is 1.90. The minimum absolute atomic E-state index is 0.205. The Morgan fingerprint density at radius 2 is 2.44 bits per heavy atom. The maximum Gasteiger partial charge on any atom is 0.255 e. The van der Waals surface area contributed by atoms with E-state index in [2.05, 4.69) is 35.9 Å². The maximum atomic E-state index is 11.6. The molecule has 0 aliphatic rings. The first-order valence-electron chi connectivity index (χ1n) is 4.54. The molecule has 0 aliphatic carbocycles. The predicted octanol–water partition coefficient (Wildman–Crippen LogP) is 1.40. The fourth-order valence-electron chi connectivity index (χ4n) is 1.14. The lowest BCUT2D eigenvalue weighted by atomic mass is 10.3. The Balaban J connectivity index is 1.83. The van der Waals surface area contributed by atoms with Crippen molar-refractivity contribution >= 4 is 21.8 Å². The van der Waals surface area contributed by atoms with Gasteiger partial charge in [0.2, 0.25) is 6.39 Å². The molecule has 0 unspecified atom stereocenters. The molecule has 0 radical (unpaired) electrons. The van der Waals surface area contributed by atoms with E-state index in [0.29, 0.717) is 29.0 Å². The Kier molecular flexibility index (Phi) is 3.35. The summed E-state index contributed by atoms with van der Waals surface area (Å²) in [7, 11) is 0. The highest BCUT2D eigenvalue weighted by molar-refractivity contribution is 9.10. The minimum atomic E-state index is -0.205.